The Morgan fingerprint density at radius 2 is 1.70 bits per heavy atom. The summed E-state index contributed by atoms with van der Waals surface area (Å²) in [7, 11) is 0. The summed E-state index contributed by atoms with van der Waals surface area (Å²) in [5.41, 5.74) is 5.45. The van der Waals surface area contributed by atoms with Crippen LogP contribution in [0.2, 0.25) is 0 Å². The molecule has 5 nitrogen and oxygen atoms in total. The SMILES string of the molecule is Cl.Cl.NC1(C(=O)N2CCN(CCOc3ccccc3)CC2)CC1. The summed E-state index contributed by atoms with van der Waals surface area (Å²) in [6.07, 6.45) is 1.69. The van der Waals surface area contributed by atoms with Crippen molar-refractivity contribution in [2.45, 2.75) is 18.4 Å². The van der Waals surface area contributed by atoms with Crippen LogP contribution >= 0.6 is 24.8 Å². The Labute approximate surface area is 150 Å². The molecule has 2 N–H and O–H groups in total. The zero-order valence-electron chi connectivity index (χ0n) is 13.1. The van der Waals surface area contributed by atoms with Crippen LogP contribution in [0.5, 0.6) is 5.75 Å². The van der Waals surface area contributed by atoms with E-state index in [0.717, 1.165) is 51.3 Å². The second-order valence-corrected chi connectivity index (χ2v) is 5.95. The van der Waals surface area contributed by atoms with E-state index in [0.29, 0.717) is 6.61 Å². The number of carbonyl (C=O) groups excluding carboxylic acids is 1. The third kappa shape index (κ3) is 5.24. The van der Waals surface area contributed by atoms with Gasteiger partial charge in [-0.05, 0) is 25.0 Å². The molecule has 2 aliphatic rings. The number of hydrogen-bond acceptors (Lipinski definition) is 4. The molecule has 23 heavy (non-hydrogen) atoms. The van der Waals surface area contributed by atoms with E-state index in [-0.39, 0.29) is 30.7 Å². The highest BCUT2D eigenvalue weighted by molar-refractivity contribution is 5.89. The maximum atomic E-state index is 12.1. The molecule has 130 valence electrons. The lowest BCUT2D eigenvalue weighted by Crippen LogP contribution is -2.54. The second-order valence-electron chi connectivity index (χ2n) is 5.95. The topological polar surface area (TPSA) is 58.8 Å². The molecule has 0 unspecified atom stereocenters. The molecule has 1 aliphatic heterocycles. The molecule has 0 aromatic heterocycles. The lowest BCUT2D eigenvalue weighted by molar-refractivity contribution is -0.135. The van der Waals surface area contributed by atoms with Crippen molar-refractivity contribution in [1.82, 2.24) is 9.80 Å². The van der Waals surface area contributed by atoms with Crippen molar-refractivity contribution in [3.05, 3.63) is 30.3 Å². The number of benzene rings is 1. The van der Waals surface area contributed by atoms with Crippen LogP contribution in [0, 0.1) is 0 Å². The number of piperazine rings is 1. The summed E-state index contributed by atoms with van der Waals surface area (Å²) in [4.78, 5) is 16.4. The molecule has 1 heterocycles. The minimum Gasteiger partial charge on any atom is -0.492 e. The summed E-state index contributed by atoms with van der Waals surface area (Å²) >= 11 is 0. The number of amides is 1. The van der Waals surface area contributed by atoms with Crippen LogP contribution in [0.25, 0.3) is 0 Å². The first-order chi connectivity index (χ1) is 10.2. The molecular formula is C16H25Cl2N3O2. The average molecular weight is 362 g/mol. The summed E-state index contributed by atoms with van der Waals surface area (Å²) < 4.78 is 5.71. The summed E-state index contributed by atoms with van der Waals surface area (Å²) in [5, 5.41) is 0. The van der Waals surface area contributed by atoms with Gasteiger partial charge in [0.15, 0.2) is 0 Å². The predicted molar refractivity (Wildman–Crippen MR) is 95.6 cm³/mol. The molecule has 0 spiro atoms. The van der Waals surface area contributed by atoms with Gasteiger partial charge in [-0.1, -0.05) is 18.2 Å². The van der Waals surface area contributed by atoms with E-state index in [4.69, 9.17) is 10.5 Å². The van der Waals surface area contributed by atoms with E-state index in [2.05, 4.69) is 4.90 Å². The van der Waals surface area contributed by atoms with Crippen LogP contribution < -0.4 is 10.5 Å². The molecule has 1 amide bonds. The van der Waals surface area contributed by atoms with Crippen LogP contribution in [0.3, 0.4) is 0 Å². The standard InChI is InChI=1S/C16H23N3O2.2ClH/c17-16(6-7-16)15(20)19-10-8-18(9-11-19)12-13-21-14-4-2-1-3-5-14;;/h1-5H,6-13,17H2;2*1H. The van der Waals surface area contributed by atoms with Gasteiger partial charge in [-0.2, -0.15) is 0 Å². The lowest BCUT2D eigenvalue weighted by Gasteiger charge is -2.35. The molecule has 2 fully saturated rings. The molecule has 1 saturated heterocycles. The highest BCUT2D eigenvalue weighted by Crippen LogP contribution is 2.34. The molecule has 0 radical (unpaired) electrons. The zero-order chi connectivity index (χ0) is 14.7. The number of nitrogens with two attached hydrogens (primary N) is 1. The highest BCUT2D eigenvalue weighted by atomic mass is 35.5. The Hall–Kier alpha value is -1.01. The monoisotopic (exact) mass is 361 g/mol. The Morgan fingerprint density at radius 1 is 1.09 bits per heavy atom. The van der Waals surface area contributed by atoms with Gasteiger partial charge in [0.1, 0.15) is 12.4 Å². The number of para-hydroxylation sites is 1. The normalized spacial score (nSPS) is 19.3. The largest absolute Gasteiger partial charge is 0.492 e. The molecule has 7 heteroatoms. The van der Waals surface area contributed by atoms with Gasteiger partial charge in [0.05, 0.1) is 5.54 Å². The van der Waals surface area contributed by atoms with Crippen molar-refractivity contribution in [2.75, 3.05) is 39.3 Å². The maximum Gasteiger partial charge on any atom is 0.242 e. The lowest BCUT2D eigenvalue weighted by atomic mass is 10.2. The van der Waals surface area contributed by atoms with Gasteiger partial charge in [-0.25, -0.2) is 0 Å². The minimum atomic E-state index is -0.529. The van der Waals surface area contributed by atoms with E-state index in [1.807, 2.05) is 35.2 Å². The van der Waals surface area contributed by atoms with Crippen LogP contribution in [-0.2, 0) is 4.79 Å². The third-order valence-electron chi connectivity index (χ3n) is 4.29. The first-order valence-electron chi connectivity index (χ1n) is 7.66. The molecule has 1 aliphatic carbocycles. The van der Waals surface area contributed by atoms with Crippen LogP contribution in [0.1, 0.15) is 12.8 Å². The number of hydrogen-bond donors (Lipinski definition) is 1. The van der Waals surface area contributed by atoms with Crippen molar-refractivity contribution in [3.8, 4) is 5.75 Å². The predicted octanol–water partition coefficient (Wildman–Crippen LogP) is 1.54. The molecular weight excluding hydrogens is 337 g/mol. The summed E-state index contributed by atoms with van der Waals surface area (Å²) in [6.45, 7) is 4.94. The fourth-order valence-corrected chi connectivity index (χ4v) is 2.65. The van der Waals surface area contributed by atoms with E-state index >= 15 is 0 Å². The van der Waals surface area contributed by atoms with E-state index in [1.165, 1.54) is 0 Å². The van der Waals surface area contributed by atoms with E-state index < -0.39 is 5.54 Å². The fraction of sp³-hybridized carbons (Fsp3) is 0.562. The maximum absolute atomic E-state index is 12.1. The summed E-state index contributed by atoms with van der Waals surface area (Å²) in [6, 6.07) is 9.85. The first-order valence-corrected chi connectivity index (χ1v) is 7.66. The number of ether oxygens (including phenoxy) is 1. The number of carbonyl (C=O) groups is 1. The van der Waals surface area contributed by atoms with Gasteiger partial charge in [0.25, 0.3) is 0 Å². The number of rotatable bonds is 5. The fourth-order valence-electron chi connectivity index (χ4n) is 2.65. The van der Waals surface area contributed by atoms with Gasteiger partial charge in [-0.15, -0.1) is 24.8 Å². The Morgan fingerprint density at radius 3 is 2.26 bits per heavy atom. The molecule has 1 aromatic rings. The smallest absolute Gasteiger partial charge is 0.242 e. The van der Waals surface area contributed by atoms with Crippen molar-refractivity contribution >= 4 is 30.7 Å². The Kier molecular flexibility index (Phi) is 7.61. The number of nitrogens with zero attached hydrogens (tertiary/aromatic N) is 2. The first kappa shape index (κ1) is 20.0. The van der Waals surface area contributed by atoms with Gasteiger partial charge in [0.2, 0.25) is 5.91 Å². The van der Waals surface area contributed by atoms with Crippen molar-refractivity contribution in [2.24, 2.45) is 5.73 Å². The van der Waals surface area contributed by atoms with Gasteiger partial charge >= 0.3 is 0 Å². The second kappa shape index (κ2) is 8.73. The van der Waals surface area contributed by atoms with Gasteiger partial charge in [0, 0.05) is 32.7 Å². The zero-order valence-corrected chi connectivity index (χ0v) is 14.8. The van der Waals surface area contributed by atoms with Gasteiger partial charge < -0.3 is 15.4 Å². The van der Waals surface area contributed by atoms with E-state index in [1.54, 1.807) is 0 Å². The quantitative estimate of drug-likeness (QED) is 0.864. The Balaban J connectivity index is 0.00000132. The third-order valence-corrected chi connectivity index (χ3v) is 4.29. The molecule has 1 aromatic carbocycles. The highest BCUT2D eigenvalue weighted by Gasteiger charge is 2.48. The minimum absolute atomic E-state index is 0. The summed E-state index contributed by atoms with van der Waals surface area (Å²) in [5.74, 6) is 1.05. The molecule has 3 rings (SSSR count). The molecule has 0 atom stereocenters. The molecule has 1 saturated carbocycles. The van der Waals surface area contributed by atoms with E-state index in [9.17, 15) is 4.79 Å². The van der Waals surface area contributed by atoms with Crippen molar-refractivity contribution < 1.29 is 9.53 Å². The van der Waals surface area contributed by atoms with Gasteiger partial charge in [-0.3, -0.25) is 9.69 Å². The molecule has 0 bridgehead atoms. The van der Waals surface area contributed by atoms with Crippen molar-refractivity contribution in [1.29, 1.82) is 0 Å². The van der Waals surface area contributed by atoms with Crippen LogP contribution in [0.15, 0.2) is 30.3 Å². The van der Waals surface area contributed by atoms with Crippen molar-refractivity contribution in [3.63, 3.8) is 0 Å². The van der Waals surface area contributed by atoms with Crippen LogP contribution in [0.4, 0.5) is 0 Å². The number of halogens is 2. The van der Waals surface area contributed by atoms with Crippen LogP contribution in [-0.4, -0.2) is 60.6 Å². The Bertz CT molecular complexity index is 489. The average Bonchev–Trinajstić information content (AvgIpc) is 3.27.